The van der Waals surface area contributed by atoms with Crippen LogP contribution in [0, 0.1) is 5.92 Å². The molecule has 0 aromatic heterocycles. The molecule has 0 saturated carbocycles. The molecule has 0 unspecified atom stereocenters. The third-order valence-electron chi connectivity index (χ3n) is 6.39. The van der Waals surface area contributed by atoms with Crippen LogP contribution in [-0.4, -0.2) is 61.3 Å². The summed E-state index contributed by atoms with van der Waals surface area (Å²) in [4.78, 5) is 29.5. The molecule has 3 rings (SSSR count). The SMILES string of the molecule is CCC(CC)C(=O)N1CCC(NC(=O)Nc2ccccc2N2C[C@@H](C)O[C@H](C)C2)CC1. The fraction of sp³-hybridized carbons (Fsp3) is 0.667. The zero-order valence-corrected chi connectivity index (χ0v) is 19.4. The fourth-order valence-electron chi connectivity index (χ4n) is 4.71. The van der Waals surface area contributed by atoms with E-state index in [0.717, 1.165) is 50.1 Å². The van der Waals surface area contributed by atoms with E-state index in [1.165, 1.54) is 0 Å². The zero-order chi connectivity index (χ0) is 22.4. The quantitative estimate of drug-likeness (QED) is 0.719. The van der Waals surface area contributed by atoms with Gasteiger partial charge in [-0.3, -0.25) is 4.79 Å². The summed E-state index contributed by atoms with van der Waals surface area (Å²) in [5.74, 6) is 0.380. The normalized spacial score (nSPS) is 22.5. The average molecular weight is 431 g/mol. The van der Waals surface area contributed by atoms with Crippen LogP contribution >= 0.6 is 0 Å². The molecule has 2 aliphatic rings. The van der Waals surface area contributed by atoms with Crippen molar-refractivity contribution in [3.05, 3.63) is 24.3 Å². The van der Waals surface area contributed by atoms with Crippen LogP contribution in [0.3, 0.4) is 0 Å². The summed E-state index contributed by atoms with van der Waals surface area (Å²) in [6, 6.07) is 7.82. The van der Waals surface area contributed by atoms with Crippen molar-refractivity contribution in [2.75, 3.05) is 36.4 Å². The molecular formula is C24H38N4O3. The fourth-order valence-corrected chi connectivity index (χ4v) is 4.71. The van der Waals surface area contributed by atoms with Crippen LogP contribution in [0.1, 0.15) is 53.4 Å². The molecule has 1 aromatic rings. The number of para-hydroxylation sites is 2. The summed E-state index contributed by atoms with van der Waals surface area (Å²) >= 11 is 0. The molecule has 172 valence electrons. The Morgan fingerprint density at radius 2 is 1.68 bits per heavy atom. The number of urea groups is 1. The number of carbonyl (C=O) groups excluding carboxylic acids is 2. The molecule has 7 heteroatoms. The molecule has 7 nitrogen and oxygen atoms in total. The van der Waals surface area contributed by atoms with Crippen LogP contribution in [0.25, 0.3) is 0 Å². The summed E-state index contributed by atoms with van der Waals surface area (Å²) in [7, 11) is 0. The number of hydrogen-bond donors (Lipinski definition) is 2. The smallest absolute Gasteiger partial charge is 0.319 e. The Labute approximate surface area is 186 Å². The highest BCUT2D eigenvalue weighted by atomic mass is 16.5. The van der Waals surface area contributed by atoms with Gasteiger partial charge in [0.2, 0.25) is 5.91 Å². The van der Waals surface area contributed by atoms with Crippen LogP contribution in [0.4, 0.5) is 16.2 Å². The number of benzene rings is 1. The van der Waals surface area contributed by atoms with Gasteiger partial charge in [0.05, 0.1) is 23.6 Å². The number of ether oxygens (including phenoxy) is 1. The second-order valence-corrected chi connectivity index (χ2v) is 8.89. The molecule has 2 aliphatic heterocycles. The number of anilines is 2. The maximum Gasteiger partial charge on any atom is 0.319 e. The molecule has 0 aliphatic carbocycles. The number of piperidine rings is 1. The van der Waals surface area contributed by atoms with Gasteiger partial charge in [-0.05, 0) is 51.7 Å². The summed E-state index contributed by atoms with van der Waals surface area (Å²) in [6.45, 7) is 11.3. The number of nitrogens with one attached hydrogen (secondary N) is 2. The van der Waals surface area contributed by atoms with Crippen molar-refractivity contribution < 1.29 is 14.3 Å². The monoisotopic (exact) mass is 430 g/mol. The molecular weight excluding hydrogens is 392 g/mol. The van der Waals surface area contributed by atoms with Crippen molar-refractivity contribution in [3.8, 4) is 0 Å². The topological polar surface area (TPSA) is 73.9 Å². The van der Waals surface area contributed by atoms with E-state index >= 15 is 0 Å². The van der Waals surface area contributed by atoms with Crippen molar-refractivity contribution in [1.29, 1.82) is 0 Å². The number of nitrogens with zero attached hydrogens (tertiary/aromatic N) is 2. The van der Waals surface area contributed by atoms with Gasteiger partial charge in [-0.25, -0.2) is 4.79 Å². The Morgan fingerprint density at radius 1 is 1.06 bits per heavy atom. The predicted molar refractivity (Wildman–Crippen MR) is 124 cm³/mol. The molecule has 0 radical (unpaired) electrons. The van der Waals surface area contributed by atoms with Crippen molar-refractivity contribution in [1.82, 2.24) is 10.2 Å². The van der Waals surface area contributed by atoms with E-state index in [9.17, 15) is 9.59 Å². The van der Waals surface area contributed by atoms with Crippen LogP contribution in [0.5, 0.6) is 0 Å². The van der Waals surface area contributed by atoms with Gasteiger partial charge in [-0.15, -0.1) is 0 Å². The molecule has 0 bridgehead atoms. The maximum absolute atomic E-state index is 12.7. The first kappa shape index (κ1) is 23.4. The van der Waals surface area contributed by atoms with E-state index in [4.69, 9.17) is 4.74 Å². The number of morpholine rings is 1. The van der Waals surface area contributed by atoms with Gasteiger partial charge in [-0.1, -0.05) is 26.0 Å². The van der Waals surface area contributed by atoms with E-state index < -0.39 is 0 Å². The Kier molecular flexibility index (Phi) is 8.18. The van der Waals surface area contributed by atoms with Gasteiger partial charge in [0.1, 0.15) is 0 Å². The van der Waals surface area contributed by atoms with Gasteiger partial charge in [0.25, 0.3) is 0 Å². The highest BCUT2D eigenvalue weighted by Gasteiger charge is 2.28. The summed E-state index contributed by atoms with van der Waals surface area (Å²) < 4.78 is 5.84. The van der Waals surface area contributed by atoms with E-state index in [-0.39, 0.29) is 36.1 Å². The molecule has 2 atom stereocenters. The molecule has 2 heterocycles. The maximum atomic E-state index is 12.7. The second kappa shape index (κ2) is 10.8. The summed E-state index contributed by atoms with van der Waals surface area (Å²) in [6.07, 6.45) is 3.65. The van der Waals surface area contributed by atoms with Crippen molar-refractivity contribution in [2.24, 2.45) is 5.92 Å². The molecule has 2 N–H and O–H groups in total. The Bertz CT molecular complexity index is 734. The molecule has 3 amide bonds. The lowest BCUT2D eigenvalue weighted by molar-refractivity contribution is -0.136. The highest BCUT2D eigenvalue weighted by molar-refractivity contribution is 5.93. The number of rotatable bonds is 6. The van der Waals surface area contributed by atoms with Crippen molar-refractivity contribution in [2.45, 2.75) is 71.6 Å². The number of amides is 3. The van der Waals surface area contributed by atoms with Crippen molar-refractivity contribution in [3.63, 3.8) is 0 Å². The van der Waals surface area contributed by atoms with Gasteiger partial charge in [0.15, 0.2) is 0 Å². The van der Waals surface area contributed by atoms with E-state index in [2.05, 4.69) is 43.2 Å². The molecule has 2 saturated heterocycles. The minimum absolute atomic E-state index is 0.0846. The van der Waals surface area contributed by atoms with Gasteiger partial charge in [-0.2, -0.15) is 0 Å². The first-order chi connectivity index (χ1) is 14.9. The largest absolute Gasteiger partial charge is 0.372 e. The molecule has 1 aromatic carbocycles. The summed E-state index contributed by atoms with van der Waals surface area (Å²) in [5.41, 5.74) is 1.83. The molecule has 0 spiro atoms. The van der Waals surface area contributed by atoms with E-state index in [1.807, 2.05) is 29.2 Å². The van der Waals surface area contributed by atoms with Gasteiger partial charge >= 0.3 is 6.03 Å². The van der Waals surface area contributed by atoms with E-state index in [1.54, 1.807) is 0 Å². The highest BCUT2D eigenvalue weighted by Crippen LogP contribution is 2.28. The standard InChI is InChI=1S/C24H38N4O3/c1-5-19(6-2)23(29)27-13-11-20(12-14-27)25-24(30)26-21-9-7-8-10-22(21)28-15-17(3)31-18(4)16-28/h7-10,17-20H,5-6,11-16H2,1-4H3,(H2,25,26,30)/t17-,18-/m1/s1. The van der Waals surface area contributed by atoms with Crippen LogP contribution in [-0.2, 0) is 9.53 Å². The molecule has 2 fully saturated rings. The van der Waals surface area contributed by atoms with Gasteiger partial charge < -0.3 is 25.2 Å². The zero-order valence-electron chi connectivity index (χ0n) is 19.4. The third kappa shape index (κ3) is 6.12. The number of carbonyl (C=O) groups is 2. The lowest BCUT2D eigenvalue weighted by atomic mass is 9.98. The third-order valence-corrected chi connectivity index (χ3v) is 6.39. The average Bonchev–Trinajstić information content (AvgIpc) is 2.74. The predicted octanol–water partition coefficient (Wildman–Crippen LogP) is 3.85. The van der Waals surface area contributed by atoms with Gasteiger partial charge in [0, 0.05) is 38.1 Å². The van der Waals surface area contributed by atoms with E-state index in [0.29, 0.717) is 13.1 Å². The molecule has 31 heavy (non-hydrogen) atoms. The van der Waals surface area contributed by atoms with Crippen LogP contribution < -0.4 is 15.5 Å². The lowest BCUT2D eigenvalue weighted by Gasteiger charge is -2.37. The number of likely N-dealkylation sites (tertiary alicyclic amines) is 1. The lowest BCUT2D eigenvalue weighted by Crippen LogP contribution is -2.49. The summed E-state index contributed by atoms with van der Waals surface area (Å²) in [5, 5.41) is 6.14. The first-order valence-electron chi connectivity index (χ1n) is 11.8. The second-order valence-electron chi connectivity index (χ2n) is 8.89. The minimum Gasteiger partial charge on any atom is -0.372 e. The first-order valence-corrected chi connectivity index (χ1v) is 11.8. The van der Waals surface area contributed by atoms with Crippen molar-refractivity contribution >= 4 is 23.3 Å². The van der Waals surface area contributed by atoms with Crippen LogP contribution in [0.15, 0.2) is 24.3 Å². The Hall–Kier alpha value is -2.28. The van der Waals surface area contributed by atoms with Crippen LogP contribution in [0.2, 0.25) is 0 Å². The Balaban J connectivity index is 1.54. The Morgan fingerprint density at radius 3 is 2.29 bits per heavy atom. The minimum atomic E-state index is -0.188. The number of hydrogen-bond acceptors (Lipinski definition) is 4.